The number of unbranched alkanes of at least 4 members (excludes halogenated alkanes) is 3. The molecule has 0 aliphatic carbocycles. The van der Waals surface area contributed by atoms with Crippen LogP contribution < -0.4 is 0 Å². The van der Waals surface area contributed by atoms with Crippen LogP contribution in [-0.4, -0.2) is 37.5 Å². The number of aromatic nitrogens is 1. The average Bonchev–Trinajstić information content (AvgIpc) is 3.17. The minimum atomic E-state index is -3.37. The number of rotatable bonds is 13. The summed E-state index contributed by atoms with van der Waals surface area (Å²) in [4.78, 5) is 4.39. The fourth-order valence-electron chi connectivity index (χ4n) is 4.02. The molecule has 2 rings (SSSR count). The van der Waals surface area contributed by atoms with Crippen LogP contribution in [0.1, 0.15) is 66.2 Å². The third-order valence-corrected chi connectivity index (χ3v) is 25.7. The van der Waals surface area contributed by atoms with E-state index in [2.05, 4.69) is 38.8 Å². The standard InChI is InChI=1S/C11H10NO2S2.3C4H9.Sn/c1-2-3-8-16(13,14)11-12-9-6-4-5-7-10(9)15-11;3*1-3-4-2;/h3-7H,8H2,1H3;3*1,3-4H2,2H3;. The molecule has 0 aliphatic heterocycles. The number of sulfone groups is 1. The summed E-state index contributed by atoms with van der Waals surface area (Å²) in [5, 5.41) is 0. The number of fused-ring (bicyclic) bond motifs is 1. The van der Waals surface area contributed by atoms with Crippen molar-refractivity contribution in [1.29, 1.82) is 0 Å². The summed E-state index contributed by atoms with van der Waals surface area (Å²) >= 11 is -1.22. The zero-order valence-corrected chi connectivity index (χ0v) is 23.0. The zero-order valence-electron chi connectivity index (χ0n) is 18.5. The fourth-order valence-corrected chi connectivity index (χ4v) is 22.8. The quantitative estimate of drug-likeness (QED) is 0.248. The Bertz CT molecular complexity index is 848. The summed E-state index contributed by atoms with van der Waals surface area (Å²) < 4.78 is 32.8. The topological polar surface area (TPSA) is 47.0 Å². The predicted octanol–water partition coefficient (Wildman–Crippen LogP) is 7.40. The van der Waals surface area contributed by atoms with Gasteiger partial charge < -0.3 is 0 Å². The van der Waals surface area contributed by atoms with Crippen molar-refractivity contribution in [1.82, 2.24) is 4.98 Å². The molecule has 1 aromatic carbocycles. The summed E-state index contributed by atoms with van der Waals surface area (Å²) in [6.45, 7) is 9.07. The molecule has 0 spiro atoms. The van der Waals surface area contributed by atoms with Crippen LogP contribution in [0.25, 0.3) is 10.2 Å². The van der Waals surface area contributed by atoms with Crippen molar-refractivity contribution in [3.05, 3.63) is 33.9 Å². The van der Waals surface area contributed by atoms with Gasteiger partial charge in [-0.15, -0.1) is 0 Å². The number of hydrogen-bond donors (Lipinski definition) is 0. The molecule has 0 saturated carbocycles. The van der Waals surface area contributed by atoms with Gasteiger partial charge in [-0.25, -0.2) is 0 Å². The molecule has 0 amide bonds. The monoisotopic (exact) mass is 543 g/mol. The first kappa shape index (κ1) is 24.9. The molecule has 0 unspecified atom stereocenters. The van der Waals surface area contributed by atoms with Gasteiger partial charge >= 0.3 is 187 Å². The van der Waals surface area contributed by atoms with Crippen LogP contribution in [0.3, 0.4) is 0 Å². The molecule has 1 heterocycles. The molecule has 3 nitrogen and oxygen atoms in total. The second-order valence-electron chi connectivity index (χ2n) is 8.21. The zero-order chi connectivity index (χ0) is 21.3. The minimum absolute atomic E-state index is 0.0989. The van der Waals surface area contributed by atoms with Crippen molar-refractivity contribution >= 4 is 49.8 Å². The first-order valence-corrected chi connectivity index (χ1v) is 21.1. The van der Waals surface area contributed by atoms with Gasteiger partial charge in [0.05, 0.1) is 0 Å². The number of nitrogens with zero attached hydrogens (tertiary/aromatic N) is 1. The Labute approximate surface area is 185 Å². The number of para-hydroxylation sites is 1. The summed E-state index contributed by atoms with van der Waals surface area (Å²) in [6, 6.07) is 7.65. The van der Waals surface area contributed by atoms with E-state index in [1.54, 1.807) is 0 Å². The van der Waals surface area contributed by atoms with Crippen molar-refractivity contribution in [2.75, 3.05) is 5.75 Å². The van der Waals surface area contributed by atoms with E-state index in [9.17, 15) is 8.42 Å². The Morgan fingerprint density at radius 3 is 2.07 bits per heavy atom. The molecule has 6 heteroatoms. The van der Waals surface area contributed by atoms with Crippen LogP contribution in [0, 0.1) is 0 Å². The van der Waals surface area contributed by atoms with Crippen molar-refractivity contribution in [2.24, 2.45) is 0 Å². The van der Waals surface area contributed by atoms with E-state index in [1.165, 1.54) is 66.8 Å². The molecule has 0 saturated heterocycles. The normalized spacial score (nSPS) is 13.3. The number of benzene rings is 1. The number of thiazole rings is 1. The summed E-state index contributed by atoms with van der Waals surface area (Å²) in [5.74, 6) is 0.0989. The molecular weight excluding hydrogens is 505 g/mol. The van der Waals surface area contributed by atoms with Crippen LogP contribution in [0.4, 0.5) is 0 Å². The maximum atomic E-state index is 13.0. The molecule has 29 heavy (non-hydrogen) atoms. The molecule has 0 radical (unpaired) electrons. The third kappa shape index (κ3) is 6.79. The molecule has 0 aliphatic rings. The van der Waals surface area contributed by atoms with Crippen molar-refractivity contribution in [3.8, 4) is 0 Å². The van der Waals surface area contributed by atoms with Gasteiger partial charge in [-0.2, -0.15) is 0 Å². The van der Waals surface area contributed by atoms with Crippen molar-refractivity contribution in [3.63, 3.8) is 0 Å². The van der Waals surface area contributed by atoms with E-state index < -0.39 is 28.2 Å². The Hall–Kier alpha value is -0.401. The second-order valence-corrected chi connectivity index (χ2v) is 25.3. The Kier molecular flexibility index (Phi) is 10.2. The predicted molar refractivity (Wildman–Crippen MR) is 130 cm³/mol. The van der Waals surface area contributed by atoms with E-state index in [0.717, 1.165) is 10.2 Å². The van der Waals surface area contributed by atoms with Gasteiger partial charge in [-0.3, -0.25) is 0 Å². The van der Waals surface area contributed by atoms with Crippen LogP contribution in [0.5, 0.6) is 0 Å². The summed E-state index contributed by atoms with van der Waals surface area (Å²) in [5.41, 5.74) is 0.777. The molecule has 0 N–H and O–H groups in total. The maximum absolute atomic E-state index is 13.0. The summed E-state index contributed by atoms with van der Waals surface area (Å²) in [7, 11) is -3.37. The first-order chi connectivity index (χ1) is 13.9. The van der Waals surface area contributed by atoms with Crippen LogP contribution >= 0.6 is 11.3 Å². The van der Waals surface area contributed by atoms with Crippen LogP contribution in [-0.2, 0) is 9.84 Å². The SMILES string of the molecule is CCC[CH2][Sn]([CH2]CCC)([CH2]CCC)/[C](C)=C/CS(=O)(=O)c1nc2ccccc2s1. The molecule has 1 aromatic heterocycles. The fraction of sp³-hybridized carbons (Fsp3) is 0.609. The van der Waals surface area contributed by atoms with Gasteiger partial charge in [-0.05, 0) is 0 Å². The molecule has 162 valence electrons. The molecule has 2 aromatic rings. The molecule has 0 bridgehead atoms. The van der Waals surface area contributed by atoms with E-state index in [-0.39, 0.29) is 10.1 Å². The van der Waals surface area contributed by atoms with Crippen LogP contribution in [0.15, 0.2) is 38.3 Å². The van der Waals surface area contributed by atoms with E-state index in [0.29, 0.717) is 0 Å². The second kappa shape index (κ2) is 11.8. The van der Waals surface area contributed by atoms with Crippen molar-refractivity contribution in [2.45, 2.75) is 83.9 Å². The average molecular weight is 542 g/mol. The van der Waals surface area contributed by atoms with Gasteiger partial charge in [0.2, 0.25) is 0 Å². The van der Waals surface area contributed by atoms with E-state index in [4.69, 9.17) is 0 Å². The Morgan fingerprint density at radius 2 is 1.55 bits per heavy atom. The number of allylic oxidation sites excluding steroid dienone is 1. The van der Waals surface area contributed by atoms with Gasteiger partial charge in [0, 0.05) is 0 Å². The van der Waals surface area contributed by atoms with Gasteiger partial charge in [0.1, 0.15) is 0 Å². The van der Waals surface area contributed by atoms with Gasteiger partial charge in [-0.1, -0.05) is 0 Å². The van der Waals surface area contributed by atoms with E-state index in [1.807, 2.05) is 24.3 Å². The number of hydrogen-bond acceptors (Lipinski definition) is 4. The molecule has 0 fully saturated rings. The molecule has 0 atom stereocenters. The first-order valence-electron chi connectivity index (χ1n) is 11.1. The van der Waals surface area contributed by atoms with Gasteiger partial charge in [0.15, 0.2) is 0 Å². The van der Waals surface area contributed by atoms with Gasteiger partial charge in [0.25, 0.3) is 0 Å². The Morgan fingerprint density at radius 1 is 1.00 bits per heavy atom. The molecular formula is C23H37NO2S2Sn. The Balaban J connectivity index is 2.28. The van der Waals surface area contributed by atoms with Crippen LogP contribution in [0.2, 0.25) is 13.3 Å². The third-order valence-electron chi connectivity index (χ3n) is 6.01. The van der Waals surface area contributed by atoms with E-state index >= 15 is 0 Å². The van der Waals surface area contributed by atoms with Crippen molar-refractivity contribution < 1.29 is 8.42 Å². The summed E-state index contributed by atoms with van der Waals surface area (Å²) in [6.07, 6.45) is 9.65.